The third-order valence-corrected chi connectivity index (χ3v) is 5.12. The van der Waals surface area contributed by atoms with Gasteiger partial charge < -0.3 is 4.74 Å². The van der Waals surface area contributed by atoms with Crippen molar-refractivity contribution in [1.29, 1.82) is 0 Å². The van der Waals surface area contributed by atoms with Gasteiger partial charge in [-0.2, -0.15) is 0 Å². The van der Waals surface area contributed by atoms with Crippen molar-refractivity contribution in [2.24, 2.45) is 0 Å². The van der Waals surface area contributed by atoms with Crippen LogP contribution in [0.15, 0.2) is 71.2 Å². The highest BCUT2D eigenvalue weighted by Crippen LogP contribution is 2.34. The van der Waals surface area contributed by atoms with E-state index in [0.717, 1.165) is 16.8 Å². The molecule has 2 heterocycles. The van der Waals surface area contributed by atoms with Crippen molar-refractivity contribution in [2.75, 3.05) is 7.11 Å². The van der Waals surface area contributed by atoms with Crippen LogP contribution in [0.1, 0.15) is 5.56 Å². The van der Waals surface area contributed by atoms with E-state index in [9.17, 15) is 10.1 Å². The number of rotatable bonds is 6. The van der Waals surface area contributed by atoms with Crippen molar-refractivity contribution in [2.45, 2.75) is 17.2 Å². The van der Waals surface area contributed by atoms with Gasteiger partial charge in [-0.25, -0.2) is 9.97 Å². The largest absolute Gasteiger partial charge is 0.496 e. The predicted octanol–water partition coefficient (Wildman–Crippen LogP) is 4.10. The minimum absolute atomic E-state index is 0.172. The van der Waals surface area contributed by atoms with Gasteiger partial charge in [-0.1, -0.05) is 29.8 Å². The summed E-state index contributed by atoms with van der Waals surface area (Å²) >= 11 is 1.17. The molecule has 0 N–H and O–H groups in total. The molecular formula is C20H16N6O3S. The quantitative estimate of drug-likeness (QED) is 0.261. The van der Waals surface area contributed by atoms with Gasteiger partial charge in [-0.3, -0.25) is 14.7 Å². The molecular weight excluding hydrogens is 404 g/mol. The first-order valence-corrected chi connectivity index (χ1v) is 9.68. The second kappa shape index (κ2) is 8.29. The Bertz CT molecular complexity index is 1190. The van der Waals surface area contributed by atoms with Crippen molar-refractivity contribution in [1.82, 2.24) is 24.7 Å². The van der Waals surface area contributed by atoms with Gasteiger partial charge in [0.1, 0.15) is 18.1 Å². The standard InChI is InChI=1S/C20H16N6O3S/c1-13-7-9-14(10-8-13)25-18(16-5-3-4-6-17(16)29-2)23-24-20(25)30-19-21-11-15(12-22-19)26(27)28/h3-12H,1-2H3. The summed E-state index contributed by atoms with van der Waals surface area (Å²) in [6, 6.07) is 15.5. The molecule has 30 heavy (non-hydrogen) atoms. The number of hydrogen-bond donors (Lipinski definition) is 0. The average molecular weight is 420 g/mol. The number of nitrogens with zero attached hydrogens (tertiary/aromatic N) is 6. The van der Waals surface area contributed by atoms with Crippen LogP contribution in [-0.2, 0) is 0 Å². The number of ether oxygens (including phenoxy) is 1. The molecule has 4 aromatic rings. The molecule has 0 bridgehead atoms. The predicted molar refractivity (Wildman–Crippen MR) is 111 cm³/mol. The fourth-order valence-electron chi connectivity index (χ4n) is 2.80. The smallest absolute Gasteiger partial charge is 0.305 e. The van der Waals surface area contributed by atoms with E-state index in [0.29, 0.717) is 21.9 Å². The SMILES string of the molecule is COc1ccccc1-c1nnc(Sc2ncc([N+](=O)[O-])cn2)n1-c1ccc(C)cc1. The second-order valence-corrected chi connectivity index (χ2v) is 7.19. The van der Waals surface area contributed by atoms with Gasteiger partial charge in [0.25, 0.3) is 0 Å². The molecule has 0 aliphatic carbocycles. The number of para-hydroxylation sites is 1. The van der Waals surface area contributed by atoms with Crippen LogP contribution in [0.4, 0.5) is 5.69 Å². The highest BCUT2D eigenvalue weighted by atomic mass is 32.2. The topological polar surface area (TPSA) is 109 Å². The average Bonchev–Trinajstić information content (AvgIpc) is 3.18. The third-order valence-electron chi connectivity index (χ3n) is 4.28. The first kappa shape index (κ1) is 19.5. The molecule has 10 heteroatoms. The fourth-order valence-corrected chi connectivity index (χ4v) is 3.54. The van der Waals surface area contributed by atoms with Crippen molar-refractivity contribution >= 4 is 17.4 Å². The molecule has 0 unspecified atom stereocenters. The second-order valence-electron chi connectivity index (χ2n) is 6.26. The van der Waals surface area contributed by atoms with E-state index < -0.39 is 4.92 Å². The fraction of sp³-hybridized carbons (Fsp3) is 0.100. The highest BCUT2D eigenvalue weighted by molar-refractivity contribution is 7.99. The molecule has 0 saturated carbocycles. The van der Waals surface area contributed by atoms with Gasteiger partial charge in [0.05, 0.1) is 17.6 Å². The Morgan fingerprint density at radius 1 is 1.03 bits per heavy atom. The van der Waals surface area contributed by atoms with Crippen LogP contribution in [0.3, 0.4) is 0 Å². The van der Waals surface area contributed by atoms with Crippen LogP contribution >= 0.6 is 11.8 Å². The lowest BCUT2D eigenvalue weighted by Gasteiger charge is -2.12. The van der Waals surface area contributed by atoms with Crippen molar-refractivity contribution in [3.63, 3.8) is 0 Å². The molecule has 0 spiro atoms. The Morgan fingerprint density at radius 2 is 1.73 bits per heavy atom. The highest BCUT2D eigenvalue weighted by Gasteiger charge is 2.20. The lowest BCUT2D eigenvalue weighted by Crippen LogP contribution is -2.01. The van der Waals surface area contributed by atoms with Crippen LogP contribution in [0.2, 0.25) is 0 Å². The monoisotopic (exact) mass is 420 g/mol. The summed E-state index contributed by atoms with van der Waals surface area (Å²) in [6.07, 6.45) is 2.34. The Labute approximate surface area is 175 Å². The van der Waals surface area contributed by atoms with Gasteiger partial charge >= 0.3 is 5.69 Å². The molecule has 2 aromatic heterocycles. The number of aromatic nitrogens is 5. The third kappa shape index (κ3) is 3.85. The molecule has 0 saturated heterocycles. The first-order valence-electron chi connectivity index (χ1n) is 8.87. The van der Waals surface area contributed by atoms with E-state index in [4.69, 9.17) is 4.74 Å². The summed E-state index contributed by atoms with van der Waals surface area (Å²) in [5.74, 6) is 1.27. The zero-order valence-electron chi connectivity index (χ0n) is 16.1. The Balaban J connectivity index is 1.82. The maximum absolute atomic E-state index is 10.8. The van der Waals surface area contributed by atoms with E-state index in [-0.39, 0.29) is 5.69 Å². The normalized spacial score (nSPS) is 10.7. The van der Waals surface area contributed by atoms with Crippen molar-refractivity contribution in [3.05, 3.63) is 76.6 Å². The van der Waals surface area contributed by atoms with Gasteiger partial charge in [0.2, 0.25) is 5.16 Å². The van der Waals surface area contributed by atoms with Crippen LogP contribution in [0.25, 0.3) is 17.1 Å². The molecule has 2 aromatic carbocycles. The van der Waals surface area contributed by atoms with E-state index in [1.807, 2.05) is 60.0 Å². The zero-order valence-corrected chi connectivity index (χ0v) is 16.9. The summed E-state index contributed by atoms with van der Waals surface area (Å²) in [5.41, 5.74) is 2.59. The van der Waals surface area contributed by atoms with Gasteiger partial charge in [0.15, 0.2) is 11.0 Å². The van der Waals surface area contributed by atoms with E-state index in [1.165, 1.54) is 24.2 Å². The Morgan fingerprint density at radius 3 is 2.40 bits per heavy atom. The summed E-state index contributed by atoms with van der Waals surface area (Å²) in [7, 11) is 1.60. The van der Waals surface area contributed by atoms with E-state index in [1.54, 1.807) is 7.11 Å². The Kier molecular flexibility index (Phi) is 5.40. The first-order chi connectivity index (χ1) is 14.6. The maximum atomic E-state index is 10.8. The van der Waals surface area contributed by atoms with E-state index >= 15 is 0 Å². The minimum atomic E-state index is -0.539. The lowest BCUT2D eigenvalue weighted by atomic mass is 10.1. The molecule has 0 amide bonds. The van der Waals surface area contributed by atoms with Crippen LogP contribution < -0.4 is 4.74 Å². The molecule has 4 rings (SSSR count). The number of methoxy groups -OCH3 is 1. The van der Waals surface area contributed by atoms with Crippen molar-refractivity contribution in [3.8, 4) is 22.8 Å². The number of benzene rings is 2. The van der Waals surface area contributed by atoms with Gasteiger partial charge in [-0.15, -0.1) is 10.2 Å². The van der Waals surface area contributed by atoms with Crippen molar-refractivity contribution < 1.29 is 9.66 Å². The van der Waals surface area contributed by atoms with E-state index in [2.05, 4.69) is 20.2 Å². The zero-order chi connectivity index (χ0) is 21.1. The minimum Gasteiger partial charge on any atom is -0.496 e. The summed E-state index contributed by atoms with van der Waals surface area (Å²) < 4.78 is 7.38. The molecule has 9 nitrogen and oxygen atoms in total. The molecule has 0 fully saturated rings. The summed E-state index contributed by atoms with van der Waals surface area (Å²) in [6.45, 7) is 2.01. The summed E-state index contributed by atoms with van der Waals surface area (Å²) in [4.78, 5) is 18.4. The van der Waals surface area contributed by atoms with Crippen LogP contribution in [0.5, 0.6) is 5.75 Å². The number of nitro groups is 1. The molecule has 150 valence electrons. The van der Waals surface area contributed by atoms with Gasteiger partial charge in [0, 0.05) is 5.69 Å². The molecule has 0 atom stereocenters. The van der Waals surface area contributed by atoms with Crippen LogP contribution in [0, 0.1) is 17.0 Å². The van der Waals surface area contributed by atoms with Crippen LogP contribution in [-0.4, -0.2) is 36.8 Å². The molecule has 0 radical (unpaired) electrons. The number of hydrogen-bond acceptors (Lipinski definition) is 8. The molecule has 0 aliphatic rings. The maximum Gasteiger partial charge on any atom is 0.305 e. The number of aryl methyl sites for hydroxylation is 1. The molecule has 0 aliphatic heterocycles. The lowest BCUT2D eigenvalue weighted by molar-refractivity contribution is -0.385. The Hall–Kier alpha value is -3.79. The van der Waals surface area contributed by atoms with Gasteiger partial charge in [-0.05, 0) is 43.0 Å². The summed E-state index contributed by atoms with van der Waals surface area (Å²) in [5, 5.41) is 20.4.